The van der Waals surface area contributed by atoms with Crippen molar-refractivity contribution >= 4 is 5.91 Å². The monoisotopic (exact) mass is 378 g/mol. The number of aromatic nitrogens is 2. The molecule has 1 amide bonds. The quantitative estimate of drug-likeness (QED) is 0.598. The van der Waals surface area contributed by atoms with E-state index in [2.05, 4.69) is 22.4 Å². The largest absolute Gasteiger partial charge is 0.496 e. The van der Waals surface area contributed by atoms with Crippen molar-refractivity contribution in [3.05, 3.63) is 83.9 Å². The fourth-order valence-electron chi connectivity index (χ4n) is 3.07. The number of carbonyl (C=O) groups excluding carboxylic acids is 1. The summed E-state index contributed by atoms with van der Waals surface area (Å²) in [7, 11) is 1.64. The van der Waals surface area contributed by atoms with Crippen molar-refractivity contribution in [1.82, 2.24) is 14.9 Å². The summed E-state index contributed by atoms with van der Waals surface area (Å²) < 4.78 is 7.32. The molecule has 0 aliphatic heterocycles. The number of nitrogens with two attached hydrogens (primary N) is 1. The van der Waals surface area contributed by atoms with Gasteiger partial charge in [-0.05, 0) is 23.6 Å². The lowest BCUT2D eigenvalue weighted by Gasteiger charge is -2.12. The molecule has 3 aromatic rings. The van der Waals surface area contributed by atoms with E-state index in [1.807, 2.05) is 53.2 Å². The van der Waals surface area contributed by atoms with E-state index in [1.54, 1.807) is 13.4 Å². The van der Waals surface area contributed by atoms with Crippen molar-refractivity contribution in [2.24, 2.45) is 5.73 Å². The van der Waals surface area contributed by atoms with Crippen LogP contribution in [0.2, 0.25) is 0 Å². The fourth-order valence-corrected chi connectivity index (χ4v) is 3.07. The highest BCUT2D eigenvalue weighted by atomic mass is 16.5. The Morgan fingerprint density at radius 1 is 1.18 bits per heavy atom. The van der Waals surface area contributed by atoms with Crippen molar-refractivity contribution < 1.29 is 9.53 Å². The maximum Gasteiger partial charge on any atom is 0.237 e. The summed E-state index contributed by atoms with van der Waals surface area (Å²) >= 11 is 0. The molecule has 28 heavy (non-hydrogen) atoms. The normalized spacial score (nSPS) is 11.8. The molecule has 6 nitrogen and oxygen atoms in total. The molecule has 0 unspecified atom stereocenters. The van der Waals surface area contributed by atoms with Crippen molar-refractivity contribution in [2.75, 3.05) is 13.7 Å². The minimum atomic E-state index is -0.627. The second-order valence-electron chi connectivity index (χ2n) is 6.69. The van der Waals surface area contributed by atoms with Gasteiger partial charge in [0, 0.05) is 25.7 Å². The Kier molecular flexibility index (Phi) is 6.81. The average Bonchev–Trinajstić information content (AvgIpc) is 3.15. The van der Waals surface area contributed by atoms with Crippen LogP contribution in [0.3, 0.4) is 0 Å². The Balaban J connectivity index is 1.46. The van der Waals surface area contributed by atoms with E-state index in [9.17, 15) is 4.79 Å². The lowest BCUT2D eigenvalue weighted by molar-refractivity contribution is -0.122. The summed E-state index contributed by atoms with van der Waals surface area (Å²) in [6, 6.07) is 17.3. The molecule has 0 saturated carbocycles. The predicted octanol–water partition coefficient (Wildman–Crippen LogP) is 2.17. The van der Waals surface area contributed by atoms with E-state index >= 15 is 0 Å². The van der Waals surface area contributed by atoms with Crippen molar-refractivity contribution in [3.63, 3.8) is 0 Å². The SMILES string of the molecule is COc1ccccc1CCNC(=O)[C@@H](N)Cc1cn(Cc2ccccc2)cn1. The van der Waals surface area contributed by atoms with E-state index in [1.165, 1.54) is 5.56 Å². The zero-order valence-corrected chi connectivity index (χ0v) is 16.0. The summed E-state index contributed by atoms with van der Waals surface area (Å²) in [6.45, 7) is 1.25. The molecule has 1 atom stereocenters. The predicted molar refractivity (Wildman–Crippen MR) is 109 cm³/mol. The summed E-state index contributed by atoms with van der Waals surface area (Å²) in [4.78, 5) is 16.7. The lowest BCUT2D eigenvalue weighted by atomic mass is 10.1. The standard InChI is InChI=1S/C22H26N4O2/c1-28-21-10-6-5-9-18(21)11-12-24-22(27)20(23)13-19-15-26(16-25-19)14-17-7-3-2-4-8-17/h2-10,15-16,20H,11-14,23H2,1H3,(H,24,27)/t20-/m0/s1. The number of nitrogens with zero attached hydrogens (tertiary/aromatic N) is 2. The number of hydrogen-bond acceptors (Lipinski definition) is 4. The number of carbonyl (C=O) groups is 1. The fraction of sp³-hybridized carbons (Fsp3) is 0.273. The Bertz CT molecular complexity index is 892. The first-order chi connectivity index (χ1) is 13.7. The van der Waals surface area contributed by atoms with Gasteiger partial charge in [0.05, 0.1) is 25.2 Å². The topological polar surface area (TPSA) is 82.2 Å². The first-order valence-electron chi connectivity index (χ1n) is 9.35. The Labute approximate surface area is 165 Å². The molecule has 3 N–H and O–H groups in total. The van der Waals surface area contributed by atoms with Gasteiger partial charge in [0.25, 0.3) is 0 Å². The van der Waals surface area contributed by atoms with E-state index in [-0.39, 0.29) is 5.91 Å². The lowest BCUT2D eigenvalue weighted by Crippen LogP contribution is -2.42. The van der Waals surface area contributed by atoms with Crippen LogP contribution in [-0.2, 0) is 24.2 Å². The van der Waals surface area contributed by atoms with Crippen molar-refractivity contribution in [1.29, 1.82) is 0 Å². The zero-order chi connectivity index (χ0) is 19.8. The third kappa shape index (κ3) is 5.44. The maximum atomic E-state index is 12.3. The average molecular weight is 378 g/mol. The van der Waals surface area contributed by atoms with Crippen LogP contribution in [0, 0.1) is 0 Å². The molecule has 0 bridgehead atoms. The Morgan fingerprint density at radius 2 is 1.93 bits per heavy atom. The van der Waals surface area contributed by atoms with Gasteiger partial charge in [-0.15, -0.1) is 0 Å². The third-order valence-corrected chi connectivity index (χ3v) is 4.55. The maximum absolute atomic E-state index is 12.3. The van der Waals surface area contributed by atoms with Gasteiger partial charge in [-0.3, -0.25) is 4.79 Å². The van der Waals surface area contributed by atoms with Crippen LogP contribution in [0.5, 0.6) is 5.75 Å². The Morgan fingerprint density at radius 3 is 2.71 bits per heavy atom. The number of nitrogens with one attached hydrogen (secondary N) is 1. The number of ether oxygens (including phenoxy) is 1. The highest BCUT2D eigenvalue weighted by molar-refractivity contribution is 5.81. The number of hydrogen-bond donors (Lipinski definition) is 2. The van der Waals surface area contributed by atoms with Gasteiger partial charge in [-0.1, -0.05) is 48.5 Å². The minimum Gasteiger partial charge on any atom is -0.496 e. The molecule has 6 heteroatoms. The van der Waals surface area contributed by atoms with Crippen LogP contribution in [0.1, 0.15) is 16.8 Å². The van der Waals surface area contributed by atoms with Gasteiger partial charge in [-0.2, -0.15) is 0 Å². The van der Waals surface area contributed by atoms with Gasteiger partial charge in [-0.25, -0.2) is 4.98 Å². The van der Waals surface area contributed by atoms with Gasteiger partial charge < -0.3 is 20.4 Å². The second kappa shape index (κ2) is 9.71. The molecule has 146 valence electrons. The molecule has 0 aliphatic rings. The molecule has 2 aromatic carbocycles. The molecule has 1 aromatic heterocycles. The van der Waals surface area contributed by atoms with E-state index < -0.39 is 6.04 Å². The van der Waals surface area contributed by atoms with Gasteiger partial charge in [0.15, 0.2) is 0 Å². The van der Waals surface area contributed by atoms with Crippen LogP contribution in [0.25, 0.3) is 0 Å². The molecule has 3 rings (SSSR count). The molecule has 0 fully saturated rings. The zero-order valence-electron chi connectivity index (χ0n) is 16.0. The first-order valence-corrected chi connectivity index (χ1v) is 9.35. The van der Waals surface area contributed by atoms with Crippen LogP contribution in [-0.4, -0.2) is 35.2 Å². The summed E-state index contributed by atoms with van der Waals surface area (Å²) in [6.07, 6.45) is 4.81. The molecule has 0 aliphatic carbocycles. The smallest absolute Gasteiger partial charge is 0.237 e. The van der Waals surface area contributed by atoms with Gasteiger partial charge in [0.2, 0.25) is 5.91 Å². The number of amides is 1. The molecule has 0 radical (unpaired) electrons. The Hall–Kier alpha value is -3.12. The van der Waals surface area contributed by atoms with Crippen LogP contribution < -0.4 is 15.8 Å². The summed E-state index contributed by atoms with van der Waals surface area (Å²) in [5, 5.41) is 2.90. The summed E-state index contributed by atoms with van der Waals surface area (Å²) in [5.74, 6) is 0.650. The molecule has 0 spiro atoms. The number of rotatable bonds is 9. The molecule has 0 saturated heterocycles. The highest BCUT2D eigenvalue weighted by Crippen LogP contribution is 2.17. The highest BCUT2D eigenvalue weighted by Gasteiger charge is 2.15. The van der Waals surface area contributed by atoms with Crippen LogP contribution in [0.15, 0.2) is 67.1 Å². The number of para-hydroxylation sites is 1. The van der Waals surface area contributed by atoms with Gasteiger partial charge in [0.1, 0.15) is 5.75 Å². The van der Waals surface area contributed by atoms with Gasteiger partial charge >= 0.3 is 0 Å². The second-order valence-corrected chi connectivity index (χ2v) is 6.69. The number of imidazole rings is 1. The van der Waals surface area contributed by atoms with Crippen molar-refractivity contribution in [2.45, 2.75) is 25.4 Å². The molecular formula is C22H26N4O2. The number of methoxy groups -OCH3 is 1. The number of benzene rings is 2. The molecule has 1 heterocycles. The van der Waals surface area contributed by atoms with Crippen molar-refractivity contribution in [3.8, 4) is 5.75 Å². The van der Waals surface area contributed by atoms with E-state index in [0.29, 0.717) is 19.4 Å². The minimum absolute atomic E-state index is 0.174. The first kappa shape index (κ1) is 19.6. The van der Waals surface area contributed by atoms with E-state index in [4.69, 9.17) is 10.5 Å². The third-order valence-electron chi connectivity index (χ3n) is 4.55. The van der Waals surface area contributed by atoms with Crippen LogP contribution in [0.4, 0.5) is 0 Å². The van der Waals surface area contributed by atoms with E-state index in [0.717, 1.165) is 23.6 Å². The van der Waals surface area contributed by atoms with Crippen LogP contribution >= 0.6 is 0 Å². The summed E-state index contributed by atoms with van der Waals surface area (Å²) in [5.41, 5.74) is 9.12. The molecular weight excluding hydrogens is 352 g/mol.